The van der Waals surface area contributed by atoms with Gasteiger partial charge in [0.1, 0.15) is 0 Å². The lowest BCUT2D eigenvalue weighted by Gasteiger charge is -2.27. The van der Waals surface area contributed by atoms with Crippen LogP contribution in [0.3, 0.4) is 0 Å². The van der Waals surface area contributed by atoms with E-state index >= 15 is 0 Å². The van der Waals surface area contributed by atoms with E-state index in [0.29, 0.717) is 46.9 Å². The second-order valence-electron chi connectivity index (χ2n) is 7.73. The fraction of sp³-hybridized carbons (Fsp3) is 0.292. The Kier molecular flexibility index (Phi) is 7.09. The summed E-state index contributed by atoms with van der Waals surface area (Å²) in [6.07, 6.45) is 5.19. The Hall–Kier alpha value is -3.50. The second kappa shape index (κ2) is 10.2. The van der Waals surface area contributed by atoms with Gasteiger partial charge >= 0.3 is 0 Å². The number of fused-ring (bicyclic) bond motifs is 1. The van der Waals surface area contributed by atoms with Gasteiger partial charge in [-0.2, -0.15) is 0 Å². The van der Waals surface area contributed by atoms with Gasteiger partial charge in [-0.1, -0.05) is 18.2 Å². The number of aromatic nitrogens is 2. The molecule has 2 atom stereocenters. The number of hydrogen-bond acceptors (Lipinski definition) is 6. The van der Waals surface area contributed by atoms with Gasteiger partial charge in [-0.3, -0.25) is 14.5 Å². The Morgan fingerprint density at radius 3 is 2.65 bits per heavy atom. The minimum Gasteiger partial charge on any atom is -0.493 e. The lowest BCUT2D eigenvalue weighted by atomic mass is 10.0. The number of nitrogens with zero attached hydrogens (tertiary/aromatic N) is 3. The van der Waals surface area contributed by atoms with E-state index in [4.69, 9.17) is 9.47 Å². The number of carbonyl (C=O) groups excluding carboxylic acids is 2. The van der Waals surface area contributed by atoms with Crippen molar-refractivity contribution in [3.63, 3.8) is 0 Å². The monoisotopic (exact) mass is 483 g/mol. The molecule has 0 saturated carbocycles. The summed E-state index contributed by atoms with van der Waals surface area (Å²) < 4.78 is 33.8. The number of imide groups is 1. The molecule has 178 valence electrons. The molecule has 1 N–H and O–H groups in total. The van der Waals surface area contributed by atoms with Crippen LogP contribution >= 0.6 is 0 Å². The smallest absolute Gasteiger partial charge is 0.262 e. The molecule has 0 bridgehead atoms. The van der Waals surface area contributed by atoms with E-state index in [1.807, 2.05) is 17.6 Å². The molecular weight excluding hydrogens is 458 g/mol. The van der Waals surface area contributed by atoms with Crippen LogP contribution in [0.2, 0.25) is 0 Å². The predicted octanol–water partition coefficient (Wildman–Crippen LogP) is 3.29. The summed E-state index contributed by atoms with van der Waals surface area (Å²) in [6, 6.07) is 9.59. The van der Waals surface area contributed by atoms with Gasteiger partial charge in [0.15, 0.2) is 22.6 Å². The minimum atomic E-state index is -2.09. The van der Waals surface area contributed by atoms with Crippen molar-refractivity contribution >= 4 is 22.9 Å². The fourth-order valence-electron chi connectivity index (χ4n) is 4.19. The number of hydrogen-bond donors (Lipinski definition) is 1. The van der Waals surface area contributed by atoms with Crippen molar-refractivity contribution < 1.29 is 27.8 Å². The van der Waals surface area contributed by atoms with Crippen molar-refractivity contribution in [2.45, 2.75) is 25.9 Å². The summed E-state index contributed by atoms with van der Waals surface area (Å²) in [5.74, 6) is 0.0129. The van der Waals surface area contributed by atoms with E-state index in [-0.39, 0.29) is 12.2 Å². The Morgan fingerprint density at radius 2 is 1.97 bits per heavy atom. The molecule has 10 heteroatoms. The van der Waals surface area contributed by atoms with Crippen LogP contribution in [0.25, 0.3) is 0 Å². The van der Waals surface area contributed by atoms with Crippen LogP contribution in [0.15, 0.2) is 55.1 Å². The maximum atomic E-state index is 13.6. The molecule has 1 aromatic heterocycles. The summed E-state index contributed by atoms with van der Waals surface area (Å²) in [5.41, 5.74) is 1.97. The zero-order chi connectivity index (χ0) is 24.2. The molecule has 0 saturated heterocycles. The van der Waals surface area contributed by atoms with Crippen LogP contribution in [-0.4, -0.2) is 54.5 Å². The molecule has 1 aliphatic rings. The van der Waals surface area contributed by atoms with Crippen molar-refractivity contribution in [1.29, 1.82) is 0 Å². The molecular formula is C24H25N3O6S. The zero-order valence-corrected chi connectivity index (χ0v) is 19.7. The van der Waals surface area contributed by atoms with E-state index in [2.05, 4.69) is 4.98 Å². The molecule has 1 aliphatic heterocycles. The first-order valence-electron chi connectivity index (χ1n) is 10.8. The zero-order valence-electron chi connectivity index (χ0n) is 18.8. The third-order valence-corrected chi connectivity index (χ3v) is 6.28. The average Bonchev–Trinajstić information content (AvgIpc) is 3.42. The number of imidazole rings is 1. The number of benzene rings is 2. The first-order valence-corrected chi connectivity index (χ1v) is 12.1. The molecule has 34 heavy (non-hydrogen) atoms. The van der Waals surface area contributed by atoms with Gasteiger partial charge in [0.25, 0.3) is 11.8 Å². The Bertz CT molecular complexity index is 1230. The Labute approximate surface area is 199 Å². The van der Waals surface area contributed by atoms with Gasteiger partial charge in [-0.25, -0.2) is 9.19 Å². The molecule has 2 aromatic carbocycles. The van der Waals surface area contributed by atoms with E-state index in [1.165, 1.54) is 12.0 Å². The summed E-state index contributed by atoms with van der Waals surface area (Å²) in [4.78, 5) is 32.3. The molecule has 0 fully saturated rings. The van der Waals surface area contributed by atoms with Gasteiger partial charge in [0.2, 0.25) is 0 Å². The quantitative estimate of drug-likeness (QED) is 0.348. The Balaban J connectivity index is 1.75. The van der Waals surface area contributed by atoms with E-state index < -0.39 is 28.9 Å². The van der Waals surface area contributed by atoms with Crippen molar-refractivity contribution in [2.75, 3.05) is 19.5 Å². The summed E-state index contributed by atoms with van der Waals surface area (Å²) in [7, 11) is 1.52. The molecule has 0 radical (unpaired) electrons. The van der Waals surface area contributed by atoms with Crippen molar-refractivity contribution in [1.82, 2.24) is 14.5 Å². The number of rotatable bonds is 10. The lowest BCUT2D eigenvalue weighted by Crippen LogP contribution is -2.35. The van der Waals surface area contributed by atoms with E-state index in [9.17, 15) is 18.4 Å². The third kappa shape index (κ3) is 4.59. The summed E-state index contributed by atoms with van der Waals surface area (Å²) in [5, 5.41) is 0. The topological polar surface area (TPSA) is 111 Å². The standard InChI is InChI=1S/C24H25N3O6S/c1-3-33-21-13-16(7-8-20(21)32-2)19(9-12-34(30)31)27-23(28)18-6-4-5-17(22(18)24(27)29)14-26-11-10-25-15-26/h4-8,10-11,13,15,19H,3,9,12,14H2,1-2H3,(H,30,31). The highest BCUT2D eigenvalue weighted by atomic mass is 32.2. The van der Waals surface area contributed by atoms with Crippen LogP contribution in [0.1, 0.15) is 51.2 Å². The van der Waals surface area contributed by atoms with Gasteiger partial charge < -0.3 is 18.6 Å². The summed E-state index contributed by atoms with van der Waals surface area (Å²) >= 11 is -2.09. The molecule has 2 heterocycles. The molecule has 4 rings (SSSR count). The second-order valence-corrected chi connectivity index (χ2v) is 8.78. The highest BCUT2D eigenvalue weighted by Gasteiger charge is 2.42. The number of amides is 2. The average molecular weight is 484 g/mol. The van der Waals surface area contributed by atoms with Crippen LogP contribution in [0, 0.1) is 0 Å². The first-order chi connectivity index (χ1) is 16.4. The SMILES string of the molecule is CCOc1cc(C(CCS(=O)O)N2C(=O)c3cccc(Cn4ccnc4)c3C2=O)ccc1OC. The van der Waals surface area contributed by atoms with Gasteiger partial charge in [0, 0.05) is 18.9 Å². The summed E-state index contributed by atoms with van der Waals surface area (Å²) in [6.45, 7) is 2.62. The van der Waals surface area contributed by atoms with Gasteiger partial charge in [-0.15, -0.1) is 0 Å². The largest absolute Gasteiger partial charge is 0.493 e. The highest BCUT2D eigenvalue weighted by Crippen LogP contribution is 2.38. The number of methoxy groups -OCH3 is 1. The normalized spacial score (nSPS) is 14.7. The van der Waals surface area contributed by atoms with Crippen molar-refractivity contribution in [3.05, 3.63) is 77.4 Å². The molecule has 2 amide bonds. The van der Waals surface area contributed by atoms with Crippen LogP contribution in [0.5, 0.6) is 11.5 Å². The van der Waals surface area contributed by atoms with Crippen molar-refractivity contribution in [3.8, 4) is 11.5 Å². The van der Waals surface area contributed by atoms with Crippen molar-refractivity contribution in [2.24, 2.45) is 0 Å². The number of carbonyl (C=O) groups is 2. The molecule has 9 nitrogen and oxygen atoms in total. The van der Waals surface area contributed by atoms with E-state index in [0.717, 1.165) is 0 Å². The maximum Gasteiger partial charge on any atom is 0.262 e. The van der Waals surface area contributed by atoms with Crippen LogP contribution in [0.4, 0.5) is 0 Å². The number of ether oxygens (including phenoxy) is 2. The van der Waals surface area contributed by atoms with E-state index in [1.54, 1.807) is 49.1 Å². The molecule has 3 aromatic rings. The third-order valence-electron chi connectivity index (χ3n) is 5.69. The van der Waals surface area contributed by atoms with Gasteiger partial charge in [0.05, 0.1) is 43.0 Å². The van der Waals surface area contributed by atoms with Crippen LogP contribution < -0.4 is 9.47 Å². The maximum absolute atomic E-state index is 13.6. The Morgan fingerprint density at radius 1 is 1.15 bits per heavy atom. The molecule has 2 unspecified atom stereocenters. The lowest BCUT2D eigenvalue weighted by molar-refractivity contribution is 0.0577. The highest BCUT2D eigenvalue weighted by molar-refractivity contribution is 7.79. The predicted molar refractivity (Wildman–Crippen MR) is 125 cm³/mol. The molecule has 0 aliphatic carbocycles. The van der Waals surface area contributed by atoms with Crippen LogP contribution in [-0.2, 0) is 17.6 Å². The minimum absolute atomic E-state index is 0.101. The first kappa shape index (κ1) is 23.7. The fourth-order valence-corrected chi connectivity index (χ4v) is 4.62. The molecule has 0 spiro atoms. The van der Waals surface area contributed by atoms with Gasteiger partial charge in [-0.05, 0) is 42.7 Å².